The van der Waals surface area contributed by atoms with E-state index in [2.05, 4.69) is 38.2 Å². The maximum absolute atomic E-state index is 13.4. The summed E-state index contributed by atoms with van der Waals surface area (Å²) in [6.07, 6.45) is 5.58. The summed E-state index contributed by atoms with van der Waals surface area (Å²) in [6, 6.07) is 21.6. The van der Waals surface area contributed by atoms with Gasteiger partial charge >= 0.3 is 5.97 Å². The maximum Gasteiger partial charge on any atom is 0.326 e. The van der Waals surface area contributed by atoms with Crippen LogP contribution in [-0.2, 0) is 23.1 Å². The average molecular weight is 566 g/mol. The lowest BCUT2D eigenvalue weighted by Gasteiger charge is -2.19. The van der Waals surface area contributed by atoms with Crippen molar-refractivity contribution in [3.63, 3.8) is 0 Å². The molecule has 0 radical (unpaired) electrons. The number of aromatic nitrogens is 1. The van der Waals surface area contributed by atoms with Crippen molar-refractivity contribution in [1.29, 1.82) is 0 Å². The number of fused-ring (bicyclic) bond motifs is 1. The molecule has 7 heteroatoms. The van der Waals surface area contributed by atoms with Gasteiger partial charge < -0.3 is 20.9 Å². The van der Waals surface area contributed by atoms with E-state index >= 15 is 0 Å². The zero-order valence-corrected chi connectivity index (χ0v) is 24.5. The number of carboxylic acids is 1. The van der Waals surface area contributed by atoms with E-state index in [4.69, 9.17) is 15.5 Å². The molecule has 1 atom stereocenters. The van der Waals surface area contributed by atoms with E-state index < -0.39 is 17.9 Å². The topological polar surface area (TPSA) is 115 Å². The molecule has 1 heterocycles. The summed E-state index contributed by atoms with van der Waals surface area (Å²) in [7, 11) is 0. The van der Waals surface area contributed by atoms with E-state index in [-0.39, 0.29) is 17.5 Å². The number of carboxylic acid groups (broad SMARTS) is 1. The van der Waals surface area contributed by atoms with Crippen molar-refractivity contribution in [2.45, 2.75) is 70.8 Å². The van der Waals surface area contributed by atoms with E-state index in [0.717, 1.165) is 47.0 Å². The number of hydrogen-bond donors (Lipinski definition) is 3. The highest BCUT2D eigenvalue weighted by Gasteiger charge is 2.24. The fraction of sp³-hybridized carbons (Fsp3) is 0.343. The summed E-state index contributed by atoms with van der Waals surface area (Å²) >= 11 is 0. The van der Waals surface area contributed by atoms with Crippen molar-refractivity contribution in [1.82, 2.24) is 10.3 Å². The average Bonchev–Trinajstić information content (AvgIpc) is 3.47. The number of hydrogen-bond acceptors (Lipinski definition) is 5. The van der Waals surface area contributed by atoms with Gasteiger partial charge in [-0.2, -0.15) is 0 Å². The van der Waals surface area contributed by atoms with Crippen LogP contribution in [-0.4, -0.2) is 28.0 Å². The summed E-state index contributed by atoms with van der Waals surface area (Å²) in [5.41, 5.74) is 9.47. The second-order valence-electron chi connectivity index (χ2n) is 12.4. The Morgan fingerprint density at radius 1 is 0.976 bits per heavy atom. The first-order valence-corrected chi connectivity index (χ1v) is 14.7. The van der Waals surface area contributed by atoms with Gasteiger partial charge in [-0.3, -0.25) is 4.79 Å². The smallest absolute Gasteiger partial charge is 0.326 e. The van der Waals surface area contributed by atoms with Crippen molar-refractivity contribution in [3.05, 3.63) is 95.3 Å². The van der Waals surface area contributed by atoms with Gasteiger partial charge in [-0.15, -0.1) is 0 Å². The molecule has 1 aromatic heterocycles. The number of nitrogens with two attached hydrogens (primary N) is 1. The number of rotatable bonds is 9. The molecule has 5 rings (SSSR count). The van der Waals surface area contributed by atoms with E-state index in [1.54, 1.807) is 30.3 Å². The van der Waals surface area contributed by atoms with Crippen LogP contribution < -0.4 is 15.8 Å². The summed E-state index contributed by atoms with van der Waals surface area (Å²) in [4.78, 5) is 30.2. The van der Waals surface area contributed by atoms with Crippen LogP contribution in [0.15, 0.2) is 72.8 Å². The number of nitrogens with zero attached hydrogens (tertiary/aromatic N) is 1. The Hall–Kier alpha value is -4.39. The second-order valence-corrected chi connectivity index (χ2v) is 12.4. The molecule has 1 aliphatic rings. The van der Waals surface area contributed by atoms with Crippen molar-refractivity contribution >= 4 is 28.3 Å². The Kier molecular flexibility index (Phi) is 8.48. The van der Waals surface area contributed by atoms with Crippen LogP contribution >= 0.6 is 0 Å². The van der Waals surface area contributed by atoms with Crippen LogP contribution in [0.3, 0.4) is 0 Å². The van der Waals surface area contributed by atoms with Crippen LogP contribution in [0.1, 0.15) is 73.8 Å². The molecule has 218 valence electrons. The lowest BCUT2D eigenvalue weighted by atomic mass is 9.87. The number of nitrogens with one attached hydrogen (secondary N) is 1. The van der Waals surface area contributed by atoms with Crippen molar-refractivity contribution in [2.75, 3.05) is 5.73 Å². The SMILES string of the molecule is CC(C)(C)c1ccc(Oc2ccc3cc(C(=O)N[C@@H](Cc4ccc(N)cc4)C(=O)O)nc(CC4CCCC4)c3c2)cc1. The molecule has 4 N–H and O–H groups in total. The van der Waals surface area contributed by atoms with Crippen LogP contribution in [0, 0.1) is 5.92 Å². The zero-order chi connectivity index (χ0) is 29.9. The lowest BCUT2D eigenvalue weighted by molar-refractivity contribution is -0.139. The van der Waals surface area contributed by atoms with Gasteiger partial charge in [0.15, 0.2) is 0 Å². The van der Waals surface area contributed by atoms with Gasteiger partial charge in [0, 0.05) is 23.2 Å². The largest absolute Gasteiger partial charge is 0.480 e. The number of carbonyl (C=O) groups is 2. The first-order valence-electron chi connectivity index (χ1n) is 14.7. The van der Waals surface area contributed by atoms with Crippen LogP contribution in [0.5, 0.6) is 11.5 Å². The third-order valence-electron chi connectivity index (χ3n) is 8.05. The Bertz CT molecular complexity index is 1570. The monoisotopic (exact) mass is 565 g/mol. The van der Waals surface area contributed by atoms with Crippen LogP contribution in [0.2, 0.25) is 0 Å². The predicted octanol–water partition coefficient (Wildman–Crippen LogP) is 7.07. The quantitative estimate of drug-likeness (QED) is 0.187. The molecule has 1 fully saturated rings. The Labute approximate surface area is 247 Å². The predicted molar refractivity (Wildman–Crippen MR) is 166 cm³/mol. The summed E-state index contributed by atoms with van der Waals surface area (Å²) < 4.78 is 6.22. The third-order valence-corrected chi connectivity index (χ3v) is 8.05. The second kappa shape index (κ2) is 12.2. The summed E-state index contributed by atoms with van der Waals surface area (Å²) in [5.74, 6) is 0.346. The standard InChI is InChI=1S/C35H39N3O4/c1-35(2,3)25-11-16-27(17-12-25)42-28-15-10-24-20-31(37-30(29(24)21-28)18-22-6-4-5-7-22)33(39)38-32(34(40)41)19-23-8-13-26(36)14-9-23/h8-17,20-22,32H,4-7,18-19,36H2,1-3H3,(H,38,39)(H,40,41)/t32-/m0/s1. The lowest BCUT2D eigenvalue weighted by Crippen LogP contribution is -2.42. The number of pyridine rings is 1. The van der Waals surface area contributed by atoms with Gasteiger partial charge in [-0.1, -0.05) is 76.8 Å². The fourth-order valence-corrected chi connectivity index (χ4v) is 5.60. The maximum atomic E-state index is 13.4. The number of amides is 1. The zero-order valence-electron chi connectivity index (χ0n) is 24.5. The molecule has 0 saturated heterocycles. The molecule has 4 aromatic rings. The molecule has 7 nitrogen and oxygen atoms in total. The molecule has 1 aliphatic carbocycles. The van der Waals surface area contributed by atoms with Gasteiger partial charge in [0.05, 0.1) is 0 Å². The molecule has 0 aliphatic heterocycles. The Morgan fingerprint density at radius 3 is 2.29 bits per heavy atom. The van der Waals surface area contributed by atoms with Gasteiger partial charge in [-0.05, 0) is 76.7 Å². The minimum absolute atomic E-state index is 0.0624. The Morgan fingerprint density at radius 2 is 1.64 bits per heavy atom. The van der Waals surface area contributed by atoms with Crippen molar-refractivity contribution in [3.8, 4) is 11.5 Å². The number of benzene rings is 3. The van der Waals surface area contributed by atoms with Gasteiger partial charge in [0.1, 0.15) is 23.2 Å². The van der Waals surface area contributed by atoms with E-state index in [0.29, 0.717) is 17.4 Å². The van der Waals surface area contributed by atoms with E-state index in [1.165, 1.54) is 18.4 Å². The summed E-state index contributed by atoms with van der Waals surface area (Å²) in [5, 5.41) is 14.3. The number of anilines is 1. The molecular formula is C35H39N3O4. The number of nitrogen functional groups attached to an aromatic ring is 1. The molecular weight excluding hydrogens is 526 g/mol. The Balaban J connectivity index is 1.42. The number of carbonyl (C=O) groups excluding carboxylic acids is 1. The van der Waals surface area contributed by atoms with Gasteiger partial charge in [-0.25, -0.2) is 9.78 Å². The van der Waals surface area contributed by atoms with E-state index in [9.17, 15) is 14.7 Å². The normalized spacial score (nSPS) is 14.5. The van der Waals surface area contributed by atoms with Gasteiger partial charge in [0.2, 0.25) is 0 Å². The highest BCUT2D eigenvalue weighted by atomic mass is 16.5. The minimum Gasteiger partial charge on any atom is -0.480 e. The highest BCUT2D eigenvalue weighted by Crippen LogP contribution is 2.33. The van der Waals surface area contributed by atoms with Crippen molar-refractivity contribution < 1.29 is 19.4 Å². The first-order chi connectivity index (χ1) is 20.0. The first kappa shape index (κ1) is 29.1. The molecule has 1 amide bonds. The van der Waals surface area contributed by atoms with Crippen molar-refractivity contribution in [2.24, 2.45) is 5.92 Å². The van der Waals surface area contributed by atoms with Gasteiger partial charge in [0.25, 0.3) is 5.91 Å². The summed E-state index contributed by atoms with van der Waals surface area (Å²) in [6.45, 7) is 6.55. The number of aliphatic carboxylic acids is 1. The molecule has 42 heavy (non-hydrogen) atoms. The molecule has 0 unspecified atom stereocenters. The fourth-order valence-electron chi connectivity index (χ4n) is 5.60. The minimum atomic E-state index is -1.11. The molecule has 1 saturated carbocycles. The van der Waals surface area contributed by atoms with E-state index in [1.807, 2.05) is 30.3 Å². The molecule has 3 aromatic carbocycles. The third kappa shape index (κ3) is 7.08. The molecule has 0 spiro atoms. The number of ether oxygens (including phenoxy) is 1. The highest BCUT2D eigenvalue weighted by molar-refractivity contribution is 5.99. The van der Waals surface area contributed by atoms with Crippen LogP contribution in [0.25, 0.3) is 10.8 Å². The molecule has 0 bridgehead atoms. The van der Waals surface area contributed by atoms with Crippen LogP contribution in [0.4, 0.5) is 5.69 Å².